The largest absolute Gasteiger partial charge is 0.392 e. The van der Waals surface area contributed by atoms with Gasteiger partial charge in [0.1, 0.15) is 0 Å². The zero-order valence-corrected chi connectivity index (χ0v) is 7.50. The molecule has 1 heterocycles. The van der Waals surface area contributed by atoms with Crippen LogP contribution < -0.4 is 0 Å². The molecule has 1 atom stereocenters. The van der Waals surface area contributed by atoms with E-state index < -0.39 is 0 Å². The monoisotopic (exact) mass is 213 g/mol. The van der Waals surface area contributed by atoms with Gasteiger partial charge in [-0.05, 0) is 27.6 Å². The highest BCUT2D eigenvalue weighted by Crippen LogP contribution is 2.22. The van der Waals surface area contributed by atoms with Crippen LogP contribution in [0.2, 0.25) is 0 Å². The minimum atomic E-state index is -0.216. The summed E-state index contributed by atoms with van der Waals surface area (Å²) in [6.45, 7) is 0. The van der Waals surface area contributed by atoms with Gasteiger partial charge in [0.25, 0.3) is 0 Å². The zero-order valence-electron chi connectivity index (χ0n) is 5.92. The number of nitrogens with zero attached hydrogens (tertiary/aromatic N) is 1. The predicted molar refractivity (Wildman–Crippen MR) is 45.4 cm³/mol. The first-order chi connectivity index (χ1) is 5.25. The Balaban J connectivity index is 2.43. The van der Waals surface area contributed by atoms with Gasteiger partial charge in [0.15, 0.2) is 0 Å². The van der Waals surface area contributed by atoms with Gasteiger partial charge < -0.3 is 5.11 Å². The predicted octanol–water partition coefficient (Wildman–Crippen LogP) is 1.30. The molecule has 0 aliphatic heterocycles. The fraction of sp³-hybridized carbons (Fsp3) is 0.375. The molecule has 11 heavy (non-hydrogen) atoms. The molecule has 0 saturated carbocycles. The Morgan fingerprint density at radius 2 is 2.36 bits per heavy atom. The number of rotatable bonds is 0. The molecule has 1 aromatic heterocycles. The summed E-state index contributed by atoms with van der Waals surface area (Å²) in [5, 5.41) is 9.29. The minimum Gasteiger partial charge on any atom is -0.392 e. The van der Waals surface area contributed by atoms with Crippen molar-refractivity contribution < 1.29 is 5.11 Å². The summed E-state index contributed by atoms with van der Waals surface area (Å²) in [7, 11) is 0. The molecular formula is C8H8BrNO. The van der Waals surface area contributed by atoms with E-state index in [1.807, 2.05) is 6.07 Å². The summed E-state index contributed by atoms with van der Waals surface area (Å²) in [5.41, 5.74) is 2.22. The van der Waals surface area contributed by atoms with Gasteiger partial charge in [0.2, 0.25) is 0 Å². The molecule has 0 radical (unpaired) electrons. The highest BCUT2D eigenvalue weighted by Gasteiger charge is 2.19. The van der Waals surface area contributed by atoms with E-state index in [9.17, 15) is 5.11 Å². The topological polar surface area (TPSA) is 33.1 Å². The number of hydrogen-bond acceptors (Lipinski definition) is 2. The Bertz CT molecular complexity index is 287. The fourth-order valence-electron chi connectivity index (χ4n) is 1.42. The molecule has 0 spiro atoms. The molecule has 1 unspecified atom stereocenters. The van der Waals surface area contributed by atoms with Gasteiger partial charge in [-0.1, -0.05) is 0 Å². The quantitative estimate of drug-likeness (QED) is 0.706. The van der Waals surface area contributed by atoms with Crippen LogP contribution in [-0.2, 0) is 12.8 Å². The fourth-order valence-corrected chi connectivity index (χ4v) is 1.80. The Labute approximate surface area is 73.4 Å². The van der Waals surface area contributed by atoms with Crippen LogP contribution in [0.15, 0.2) is 16.7 Å². The molecule has 0 fully saturated rings. The second kappa shape index (κ2) is 2.57. The van der Waals surface area contributed by atoms with E-state index in [2.05, 4.69) is 20.9 Å². The highest BCUT2D eigenvalue weighted by molar-refractivity contribution is 9.10. The Kier molecular flexibility index (Phi) is 1.69. The lowest BCUT2D eigenvalue weighted by molar-refractivity contribution is 0.186. The number of halogens is 1. The van der Waals surface area contributed by atoms with Crippen LogP contribution in [0.5, 0.6) is 0 Å². The van der Waals surface area contributed by atoms with Crippen LogP contribution in [0, 0.1) is 0 Å². The van der Waals surface area contributed by atoms with Crippen molar-refractivity contribution in [2.45, 2.75) is 18.9 Å². The second-order valence-electron chi connectivity index (χ2n) is 2.82. The van der Waals surface area contributed by atoms with Gasteiger partial charge in [-0.15, -0.1) is 0 Å². The molecule has 58 valence electrons. The molecule has 1 aliphatic carbocycles. The average molecular weight is 214 g/mol. The molecular weight excluding hydrogens is 206 g/mol. The summed E-state index contributed by atoms with van der Waals surface area (Å²) in [6.07, 6.45) is 3.02. The summed E-state index contributed by atoms with van der Waals surface area (Å²) in [5.74, 6) is 0. The van der Waals surface area contributed by atoms with Gasteiger partial charge in [-0.2, -0.15) is 0 Å². The number of aliphatic hydroxyl groups excluding tert-OH is 1. The SMILES string of the molecule is OC1Cc2cc(Br)cnc2C1. The third-order valence-electron chi connectivity index (χ3n) is 1.91. The van der Waals surface area contributed by atoms with E-state index in [-0.39, 0.29) is 6.10 Å². The molecule has 0 bridgehead atoms. The summed E-state index contributed by atoms with van der Waals surface area (Å²) >= 11 is 3.34. The maximum atomic E-state index is 9.29. The van der Waals surface area contributed by atoms with E-state index in [0.29, 0.717) is 6.42 Å². The standard InChI is InChI=1S/C8H8BrNO/c9-6-1-5-2-7(11)3-8(5)10-4-6/h1,4,7,11H,2-3H2. The normalized spacial score (nSPS) is 21.8. The maximum absolute atomic E-state index is 9.29. The lowest BCUT2D eigenvalue weighted by Crippen LogP contribution is -2.03. The number of hydrogen-bond donors (Lipinski definition) is 1. The van der Waals surface area contributed by atoms with Crippen LogP contribution in [-0.4, -0.2) is 16.2 Å². The number of aliphatic hydroxyl groups is 1. The van der Waals surface area contributed by atoms with Crippen molar-refractivity contribution in [2.75, 3.05) is 0 Å². The van der Waals surface area contributed by atoms with Crippen molar-refractivity contribution in [1.82, 2.24) is 4.98 Å². The van der Waals surface area contributed by atoms with Crippen LogP contribution in [0.3, 0.4) is 0 Å². The smallest absolute Gasteiger partial charge is 0.0636 e. The molecule has 3 heteroatoms. The third-order valence-corrected chi connectivity index (χ3v) is 2.34. The molecule has 1 N–H and O–H groups in total. The first-order valence-electron chi connectivity index (χ1n) is 3.57. The summed E-state index contributed by atoms with van der Waals surface area (Å²) in [6, 6.07) is 2.03. The first kappa shape index (κ1) is 7.25. The molecule has 0 amide bonds. The van der Waals surface area contributed by atoms with Crippen molar-refractivity contribution in [3.05, 3.63) is 28.0 Å². The van der Waals surface area contributed by atoms with Crippen LogP contribution in [0.1, 0.15) is 11.3 Å². The summed E-state index contributed by atoms with van der Waals surface area (Å²) in [4.78, 5) is 4.20. The number of fused-ring (bicyclic) bond motifs is 1. The van der Waals surface area contributed by atoms with E-state index >= 15 is 0 Å². The lowest BCUT2D eigenvalue weighted by Gasteiger charge is -1.95. The number of aromatic nitrogens is 1. The van der Waals surface area contributed by atoms with Crippen LogP contribution in [0.25, 0.3) is 0 Å². The average Bonchev–Trinajstić information content (AvgIpc) is 2.27. The van der Waals surface area contributed by atoms with E-state index in [1.54, 1.807) is 6.20 Å². The van der Waals surface area contributed by atoms with Crippen LogP contribution >= 0.6 is 15.9 Å². The van der Waals surface area contributed by atoms with E-state index in [4.69, 9.17) is 0 Å². The second-order valence-corrected chi connectivity index (χ2v) is 3.74. The molecule has 1 aliphatic rings. The Morgan fingerprint density at radius 1 is 1.55 bits per heavy atom. The van der Waals surface area contributed by atoms with Crippen molar-refractivity contribution in [2.24, 2.45) is 0 Å². The van der Waals surface area contributed by atoms with Crippen molar-refractivity contribution >= 4 is 15.9 Å². The Morgan fingerprint density at radius 3 is 3.18 bits per heavy atom. The molecule has 0 aromatic carbocycles. The van der Waals surface area contributed by atoms with Crippen molar-refractivity contribution in [3.63, 3.8) is 0 Å². The van der Waals surface area contributed by atoms with Gasteiger partial charge in [-0.25, -0.2) is 0 Å². The first-order valence-corrected chi connectivity index (χ1v) is 4.36. The van der Waals surface area contributed by atoms with E-state index in [1.165, 1.54) is 5.56 Å². The maximum Gasteiger partial charge on any atom is 0.0636 e. The minimum absolute atomic E-state index is 0.216. The third kappa shape index (κ3) is 1.30. The molecule has 2 rings (SSSR count). The zero-order chi connectivity index (χ0) is 7.84. The van der Waals surface area contributed by atoms with Gasteiger partial charge in [0, 0.05) is 29.2 Å². The van der Waals surface area contributed by atoms with Crippen molar-refractivity contribution in [1.29, 1.82) is 0 Å². The summed E-state index contributed by atoms with van der Waals surface area (Å²) < 4.78 is 0.991. The Hall–Kier alpha value is -0.410. The molecule has 1 aromatic rings. The van der Waals surface area contributed by atoms with Crippen molar-refractivity contribution in [3.8, 4) is 0 Å². The molecule has 0 saturated heterocycles. The van der Waals surface area contributed by atoms with Gasteiger partial charge >= 0.3 is 0 Å². The number of pyridine rings is 1. The van der Waals surface area contributed by atoms with E-state index in [0.717, 1.165) is 16.6 Å². The van der Waals surface area contributed by atoms with Gasteiger partial charge in [-0.3, -0.25) is 4.98 Å². The molecule has 2 nitrogen and oxygen atoms in total. The van der Waals surface area contributed by atoms with Crippen LogP contribution in [0.4, 0.5) is 0 Å². The van der Waals surface area contributed by atoms with Gasteiger partial charge in [0.05, 0.1) is 6.10 Å². The lowest BCUT2D eigenvalue weighted by atomic mass is 10.2. The highest BCUT2D eigenvalue weighted by atomic mass is 79.9.